The van der Waals surface area contributed by atoms with Gasteiger partial charge in [-0.2, -0.15) is 0 Å². The molecule has 0 spiro atoms. The van der Waals surface area contributed by atoms with E-state index in [4.69, 9.17) is 23.7 Å². The Labute approximate surface area is 549 Å². The molecule has 4 aromatic rings. The van der Waals surface area contributed by atoms with Crippen LogP contribution in [-0.2, 0) is 47.7 Å². The van der Waals surface area contributed by atoms with Gasteiger partial charge < -0.3 is 54.3 Å². The second kappa shape index (κ2) is 25.6. The number of hydrogen-bond acceptors (Lipinski definition) is 17. The zero-order valence-corrected chi connectivity index (χ0v) is 55.1. The van der Waals surface area contributed by atoms with E-state index in [1.165, 1.54) is 48.4 Å². The summed E-state index contributed by atoms with van der Waals surface area (Å²) >= 11 is 0. The zero-order chi connectivity index (χ0) is 67.6. The van der Waals surface area contributed by atoms with Crippen LogP contribution in [-0.4, -0.2) is 136 Å². The lowest BCUT2D eigenvalue weighted by atomic mass is 9.44. The minimum absolute atomic E-state index is 0.00289. The molecule has 0 unspecified atom stereocenters. The molecule has 4 saturated carbocycles. The number of fused-ring (bicyclic) bond motifs is 9. The molecule has 4 aromatic carbocycles. The lowest BCUT2D eigenvalue weighted by Crippen LogP contribution is -2.82. The fourth-order valence-corrected chi connectivity index (χ4v) is 17.6. The monoisotopic (exact) mass is 1280 g/mol. The van der Waals surface area contributed by atoms with Crippen LogP contribution in [0.4, 0.5) is 5.69 Å². The van der Waals surface area contributed by atoms with Crippen molar-refractivity contribution < 1.29 is 77.7 Å². The average Bonchev–Trinajstić information content (AvgIpc) is 0.785. The summed E-state index contributed by atoms with van der Waals surface area (Å²) in [5.74, 6) is 0.917. The third-order valence-corrected chi connectivity index (χ3v) is 22.5. The number of aliphatic hydroxyl groups is 4. The van der Waals surface area contributed by atoms with Crippen molar-refractivity contribution in [3.05, 3.63) is 171 Å². The SMILES string of the molecule is CC#C[C@]1(O)CC[C@H]2[C@@H]3CCC4=CC(=O)CCC4=C3[C@@H](c3ccc(N(C)C)cc3)C[C@@]21C.CC(=O)O[C@H]1C(=O)[C@@]2(C)[C@H]([C@H](OC(=O)c3ccccc3)[C@]3(O)C[C@H](OC(=O)[C@H](O)[C@@H](NC(=O)c4ccccc4)c4ccccc4)C(C)=C1C3(C)C)[C@]1(OC(C)=O)CO[C@@H]1C[C@@H]2O. The number of aliphatic hydroxyl groups excluding tert-OH is 2. The fourth-order valence-electron chi connectivity index (χ4n) is 17.6. The second-order valence-electron chi connectivity index (χ2n) is 28.1. The second-order valence-corrected chi connectivity index (χ2v) is 28.1. The van der Waals surface area contributed by atoms with Gasteiger partial charge >= 0.3 is 23.9 Å². The highest BCUT2D eigenvalue weighted by Crippen LogP contribution is 2.68. The van der Waals surface area contributed by atoms with E-state index in [-0.39, 0.29) is 52.4 Å². The van der Waals surface area contributed by atoms with Gasteiger partial charge in [-0.15, -0.1) is 5.92 Å². The Morgan fingerprint density at radius 2 is 1.41 bits per heavy atom. The van der Waals surface area contributed by atoms with Crippen LogP contribution in [0.15, 0.2) is 149 Å². The van der Waals surface area contributed by atoms with Crippen molar-refractivity contribution in [1.29, 1.82) is 0 Å². The van der Waals surface area contributed by atoms with Gasteiger partial charge in [-0.3, -0.25) is 24.0 Å². The minimum atomic E-state index is -2.39. The molecular formula is C76H86N2O16. The summed E-state index contributed by atoms with van der Waals surface area (Å²) < 4.78 is 30.3. The van der Waals surface area contributed by atoms with Gasteiger partial charge in [0.05, 0.1) is 35.6 Å². The highest BCUT2D eigenvalue weighted by Gasteiger charge is 2.78. The average molecular weight is 1280 g/mol. The Morgan fingerprint density at radius 1 is 0.777 bits per heavy atom. The van der Waals surface area contributed by atoms with E-state index in [9.17, 15) is 49.2 Å². The molecule has 1 saturated heterocycles. The number of carbonyl (C=O) groups is 7. The van der Waals surface area contributed by atoms with E-state index in [0.717, 1.165) is 52.4 Å². The molecule has 0 radical (unpaired) electrons. The predicted molar refractivity (Wildman–Crippen MR) is 347 cm³/mol. The molecule has 12 rings (SSSR count). The quantitative estimate of drug-likeness (QED) is 0.0383. The van der Waals surface area contributed by atoms with Crippen LogP contribution >= 0.6 is 0 Å². The van der Waals surface area contributed by atoms with Gasteiger partial charge in [0.25, 0.3) is 5.91 Å². The van der Waals surface area contributed by atoms with E-state index in [0.29, 0.717) is 23.8 Å². The minimum Gasteiger partial charge on any atom is -0.456 e. The van der Waals surface area contributed by atoms with Crippen molar-refractivity contribution >= 4 is 47.0 Å². The summed E-state index contributed by atoms with van der Waals surface area (Å²) in [5, 5.41) is 52.0. The standard InChI is InChI=1S/C47H51NO14.C29H35NO2/c1-25-31(60-43(56)36(52)35(28-16-10-7-11-17-28)48-41(54)29-18-12-8-13-19-29)23-47(57)40(61-42(55)30-20-14-9-15-21-30)38-45(6,32(51)22-33-46(38,24-58-33)62-27(3)50)39(53)37(59-26(2)49)34(25)44(47,4)5;1-5-15-29(32)16-14-26-24-12-8-20-17-22(31)11-13-23(20)27(24)25(18-28(26,29)2)19-6-9-21(10-7-19)30(3)4/h7-21,31-33,35-38,40,51-52,57H,22-24H2,1-6H3,(H,48,54);6-7,9-10,17,24-26,32H,8,11-14,16,18H2,1-4H3/t31-,32-,33+,35-,36+,37+,38-,40-,45+,46-,47+;24-,25+,26-,28-,29-/m00/s1. The van der Waals surface area contributed by atoms with E-state index in [1.807, 2.05) is 13.0 Å². The van der Waals surface area contributed by atoms with Crippen molar-refractivity contribution in [1.82, 2.24) is 5.32 Å². The lowest BCUT2D eigenvalue weighted by molar-refractivity contribution is -0.346. The number of esters is 4. The molecule has 16 atom stereocenters. The third kappa shape index (κ3) is 11.4. The van der Waals surface area contributed by atoms with Crippen LogP contribution in [0.3, 0.4) is 0 Å². The first kappa shape index (κ1) is 67.4. The number of carbonyl (C=O) groups excluding carboxylic acids is 7. The summed E-state index contributed by atoms with van der Waals surface area (Å²) in [5.41, 5.74) is -1.30. The van der Waals surface area contributed by atoms with Crippen LogP contribution in [0.1, 0.15) is 157 Å². The molecule has 8 aliphatic rings. The Bertz CT molecular complexity index is 3810. The molecule has 0 aromatic heterocycles. The van der Waals surface area contributed by atoms with Gasteiger partial charge in [0.15, 0.2) is 29.4 Å². The maximum atomic E-state index is 15.5. The number of hydrogen-bond donors (Lipinski definition) is 5. The Balaban J connectivity index is 0.000000234. The van der Waals surface area contributed by atoms with Gasteiger partial charge in [-0.1, -0.05) is 111 Å². The first-order valence-electron chi connectivity index (χ1n) is 32.6. The summed E-state index contributed by atoms with van der Waals surface area (Å²) in [6.45, 7) is 12.1. The normalized spacial score (nSPS) is 33.2. The van der Waals surface area contributed by atoms with Gasteiger partial charge in [0.1, 0.15) is 29.5 Å². The number of allylic oxidation sites excluding steroid dienone is 4. The number of anilines is 1. The van der Waals surface area contributed by atoms with Crippen LogP contribution in [0.2, 0.25) is 0 Å². The van der Waals surface area contributed by atoms with Gasteiger partial charge in [-0.05, 0) is 147 Å². The van der Waals surface area contributed by atoms with Gasteiger partial charge in [0.2, 0.25) is 0 Å². The number of rotatable bonds is 12. The number of nitrogens with zero attached hydrogens (tertiary/aromatic N) is 1. The van der Waals surface area contributed by atoms with Crippen molar-refractivity contribution in [3.63, 3.8) is 0 Å². The summed E-state index contributed by atoms with van der Waals surface area (Å²) in [7, 11) is 4.14. The van der Waals surface area contributed by atoms with Crippen molar-refractivity contribution in [2.45, 2.75) is 179 Å². The lowest BCUT2D eigenvalue weighted by Gasteiger charge is -2.67. The smallest absolute Gasteiger partial charge is 0.338 e. The van der Waals surface area contributed by atoms with Crippen molar-refractivity contribution in [2.75, 3.05) is 25.6 Å². The zero-order valence-electron chi connectivity index (χ0n) is 55.1. The number of Topliss-reactive ketones (excluding diaryl/α,β-unsaturated/α-hetero) is 1. The number of benzene rings is 4. The van der Waals surface area contributed by atoms with Gasteiger partial charge in [0, 0.05) is 75.2 Å². The number of ketones is 2. The maximum Gasteiger partial charge on any atom is 0.338 e. The summed E-state index contributed by atoms with van der Waals surface area (Å²) in [6, 6.07) is 31.9. The third-order valence-electron chi connectivity index (χ3n) is 22.5. The Kier molecular flexibility index (Phi) is 18.3. The summed E-state index contributed by atoms with van der Waals surface area (Å²) in [4.78, 5) is 97.8. The van der Waals surface area contributed by atoms with Crippen LogP contribution in [0.5, 0.6) is 0 Å². The molecule has 94 heavy (non-hydrogen) atoms. The Morgan fingerprint density at radius 3 is 2.01 bits per heavy atom. The molecule has 2 bridgehead atoms. The molecule has 18 nitrogen and oxygen atoms in total. The fraction of sp³-hybridized carbons (Fsp3) is 0.487. The first-order valence-corrected chi connectivity index (χ1v) is 32.6. The van der Waals surface area contributed by atoms with Crippen molar-refractivity contribution in [3.8, 4) is 11.8 Å². The Hall–Kier alpha value is -8.05. The highest BCUT2D eigenvalue weighted by atomic mass is 16.6. The predicted octanol–water partition coefficient (Wildman–Crippen LogP) is 9.14. The van der Waals surface area contributed by atoms with Crippen LogP contribution in [0, 0.1) is 45.8 Å². The van der Waals surface area contributed by atoms with E-state index >= 15 is 4.79 Å². The van der Waals surface area contributed by atoms with Crippen LogP contribution < -0.4 is 10.2 Å². The van der Waals surface area contributed by atoms with E-state index < -0.39 is 118 Å². The molecule has 496 valence electrons. The molecule has 5 fully saturated rings. The van der Waals surface area contributed by atoms with Gasteiger partial charge in [-0.25, -0.2) is 9.59 Å². The number of ether oxygens (including phenoxy) is 5. The molecule has 7 aliphatic carbocycles. The number of nitrogens with one attached hydrogen (secondary N) is 1. The largest absolute Gasteiger partial charge is 0.456 e. The van der Waals surface area contributed by atoms with Crippen LogP contribution in [0.25, 0.3) is 0 Å². The summed E-state index contributed by atoms with van der Waals surface area (Å²) in [6.07, 6.45) is -2.28. The maximum absolute atomic E-state index is 15.5. The van der Waals surface area contributed by atoms with E-state index in [1.54, 1.807) is 98.3 Å². The highest BCUT2D eigenvalue weighted by molar-refractivity contribution is 5.97. The molecule has 1 aliphatic heterocycles. The molecule has 1 amide bonds. The van der Waals surface area contributed by atoms with Crippen molar-refractivity contribution in [2.24, 2.45) is 34.0 Å². The first-order chi connectivity index (χ1) is 44.5. The molecule has 1 heterocycles. The molecule has 5 N–H and O–H groups in total. The number of amides is 1. The van der Waals surface area contributed by atoms with E-state index in [2.05, 4.69) is 67.3 Å². The molecular weight excluding hydrogens is 1200 g/mol. The molecule has 18 heteroatoms. The topological polar surface area (TPSA) is 262 Å².